The molecule has 0 unspecified atom stereocenters. The minimum Gasteiger partial charge on any atom is -0.463 e. The number of rotatable bonds is 6. The van der Waals surface area contributed by atoms with Crippen LogP contribution in [0, 0.1) is 0 Å². The number of aromatic nitrogens is 3. The van der Waals surface area contributed by atoms with Crippen molar-refractivity contribution in [2.45, 2.75) is 48.4 Å². The van der Waals surface area contributed by atoms with Gasteiger partial charge in [0.25, 0.3) is 0 Å². The zero-order valence-corrected chi connectivity index (χ0v) is 24.1. The number of hydrogen-bond acceptors (Lipinski definition) is 12. The van der Waals surface area contributed by atoms with Crippen LogP contribution in [0.15, 0.2) is 26.7 Å². The second kappa shape index (κ2) is 10.3. The number of methoxy groups -OCH3 is 1. The van der Waals surface area contributed by atoms with Gasteiger partial charge in [0.1, 0.15) is 21.4 Å². The molecule has 9 nitrogen and oxygen atoms in total. The molecule has 38 heavy (non-hydrogen) atoms. The van der Waals surface area contributed by atoms with Gasteiger partial charge in [-0.05, 0) is 37.8 Å². The van der Waals surface area contributed by atoms with Crippen molar-refractivity contribution in [3.05, 3.63) is 34.8 Å². The molecule has 0 aliphatic carbocycles. The number of thiophene rings is 1. The Morgan fingerprint density at radius 3 is 2.76 bits per heavy atom. The molecule has 0 bridgehead atoms. The number of nitrogens with zero attached hydrogens (tertiary/aromatic N) is 4. The molecule has 6 rings (SSSR count). The van der Waals surface area contributed by atoms with Crippen LogP contribution < -0.4 is 4.90 Å². The van der Waals surface area contributed by atoms with Gasteiger partial charge in [-0.2, -0.15) is 0 Å². The highest BCUT2D eigenvalue weighted by molar-refractivity contribution is 7.99. The lowest BCUT2D eigenvalue weighted by Gasteiger charge is -2.36. The Hall–Kier alpha value is -2.38. The van der Waals surface area contributed by atoms with Crippen LogP contribution in [-0.2, 0) is 33.0 Å². The predicted molar refractivity (Wildman–Crippen MR) is 150 cm³/mol. The number of pyridine rings is 1. The second-order valence-electron chi connectivity index (χ2n) is 9.74. The Bertz CT molecular complexity index is 1530. The Morgan fingerprint density at radius 2 is 2.00 bits per heavy atom. The minimum atomic E-state index is -0.487. The van der Waals surface area contributed by atoms with Gasteiger partial charge in [-0.3, -0.25) is 0 Å². The summed E-state index contributed by atoms with van der Waals surface area (Å²) in [6, 6.07) is 3.43. The van der Waals surface area contributed by atoms with Gasteiger partial charge in [0, 0.05) is 30.5 Å². The average Bonchev–Trinajstić information content (AvgIpc) is 3.55. The van der Waals surface area contributed by atoms with Gasteiger partial charge in [0.05, 0.1) is 48.5 Å². The molecule has 0 N–H and O–H groups in total. The van der Waals surface area contributed by atoms with E-state index in [4.69, 9.17) is 33.6 Å². The first-order chi connectivity index (χ1) is 18.4. The third-order valence-electron chi connectivity index (χ3n) is 6.71. The van der Waals surface area contributed by atoms with Crippen LogP contribution in [0.5, 0.6) is 0 Å². The topological polar surface area (TPSA) is 99.8 Å². The number of morpholine rings is 1. The molecular weight excluding hydrogens is 545 g/mol. The van der Waals surface area contributed by atoms with E-state index in [9.17, 15) is 4.79 Å². The molecule has 1 saturated heterocycles. The maximum atomic E-state index is 11.8. The molecule has 4 aromatic rings. The first kappa shape index (κ1) is 25.9. The van der Waals surface area contributed by atoms with Crippen LogP contribution in [0.3, 0.4) is 0 Å². The molecular formula is C26H28N4O5S3. The predicted octanol–water partition coefficient (Wildman–Crippen LogP) is 5.32. The lowest BCUT2D eigenvalue weighted by atomic mass is 9.90. The summed E-state index contributed by atoms with van der Waals surface area (Å²) < 4.78 is 23.3. The Morgan fingerprint density at radius 1 is 1.18 bits per heavy atom. The summed E-state index contributed by atoms with van der Waals surface area (Å²) in [4.78, 5) is 30.1. The van der Waals surface area contributed by atoms with Crippen LogP contribution >= 0.6 is 34.9 Å². The highest BCUT2D eigenvalue weighted by atomic mass is 32.2. The number of anilines is 1. The lowest BCUT2D eigenvalue weighted by Crippen LogP contribution is -2.39. The Kier molecular flexibility index (Phi) is 7.02. The molecule has 0 aromatic carbocycles. The third kappa shape index (κ3) is 4.77. The minimum absolute atomic E-state index is 0.193. The van der Waals surface area contributed by atoms with Crippen molar-refractivity contribution in [1.82, 2.24) is 15.0 Å². The van der Waals surface area contributed by atoms with E-state index in [1.165, 1.54) is 24.4 Å². The summed E-state index contributed by atoms with van der Waals surface area (Å²) in [5.74, 6) is 1.91. The maximum absolute atomic E-state index is 11.8. The summed E-state index contributed by atoms with van der Waals surface area (Å²) in [5, 5.41) is 2.71. The number of esters is 1. The Labute approximate surface area is 232 Å². The molecule has 2 aliphatic heterocycles. The quantitative estimate of drug-likeness (QED) is 0.130. The van der Waals surface area contributed by atoms with E-state index in [0.717, 1.165) is 56.4 Å². The fourth-order valence-corrected chi connectivity index (χ4v) is 7.41. The summed E-state index contributed by atoms with van der Waals surface area (Å²) in [5.41, 5.74) is 3.09. The van der Waals surface area contributed by atoms with Crippen LogP contribution in [0.4, 0.5) is 5.82 Å². The number of carbonyl (C=O) groups excluding carboxylic acids is 1. The highest BCUT2D eigenvalue weighted by Gasteiger charge is 2.33. The number of fused-ring (bicyclic) bond motifs is 5. The van der Waals surface area contributed by atoms with E-state index in [2.05, 4.69) is 18.7 Å². The molecule has 200 valence electrons. The summed E-state index contributed by atoms with van der Waals surface area (Å²) >= 11 is 4.73. The second-order valence-corrected chi connectivity index (χ2v) is 12.5. The van der Waals surface area contributed by atoms with E-state index in [0.29, 0.717) is 36.5 Å². The maximum Gasteiger partial charge on any atom is 0.373 e. The molecule has 1 fully saturated rings. The van der Waals surface area contributed by atoms with E-state index in [1.807, 2.05) is 6.26 Å². The van der Waals surface area contributed by atoms with Crippen LogP contribution in [-0.4, -0.2) is 66.2 Å². The molecule has 12 heteroatoms. The van der Waals surface area contributed by atoms with Gasteiger partial charge in [0.2, 0.25) is 5.76 Å². The summed E-state index contributed by atoms with van der Waals surface area (Å²) in [7, 11) is 1.34. The molecule has 6 heterocycles. The molecule has 0 atom stereocenters. The molecule has 0 radical (unpaired) electrons. The van der Waals surface area contributed by atoms with Crippen LogP contribution in [0.2, 0.25) is 0 Å². The van der Waals surface area contributed by atoms with Gasteiger partial charge in [0.15, 0.2) is 5.16 Å². The van der Waals surface area contributed by atoms with Gasteiger partial charge in [-0.1, -0.05) is 23.5 Å². The van der Waals surface area contributed by atoms with Gasteiger partial charge in [-0.25, -0.2) is 19.7 Å². The van der Waals surface area contributed by atoms with E-state index in [-0.39, 0.29) is 11.4 Å². The van der Waals surface area contributed by atoms with Crippen molar-refractivity contribution in [2.75, 3.05) is 44.6 Å². The number of furan rings is 1. The van der Waals surface area contributed by atoms with Crippen molar-refractivity contribution in [3.63, 3.8) is 0 Å². The zero-order chi connectivity index (χ0) is 26.4. The fraction of sp³-hybridized carbons (Fsp3) is 0.462. The van der Waals surface area contributed by atoms with Crippen LogP contribution in [0.1, 0.15) is 41.3 Å². The third-order valence-corrected chi connectivity index (χ3v) is 9.46. The first-order valence-electron chi connectivity index (χ1n) is 12.3. The van der Waals surface area contributed by atoms with Crippen molar-refractivity contribution >= 4 is 67.1 Å². The summed E-state index contributed by atoms with van der Waals surface area (Å²) in [6.07, 6.45) is 2.77. The van der Waals surface area contributed by atoms with E-state index in [1.54, 1.807) is 35.2 Å². The largest absolute Gasteiger partial charge is 0.463 e. The van der Waals surface area contributed by atoms with Crippen LogP contribution in [0.25, 0.3) is 20.4 Å². The molecule has 0 saturated carbocycles. The monoisotopic (exact) mass is 572 g/mol. The molecule has 4 aromatic heterocycles. The molecule has 0 spiro atoms. The number of thioether (sulfide) groups is 2. The average molecular weight is 573 g/mol. The Balaban J connectivity index is 1.47. The van der Waals surface area contributed by atoms with Crippen molar-refractivity contribution in [3.8, 4) is 0 Å². The smallest absolute Gasteiger partial charge is 0.373 e. The van der Waals surface area contributed by atoms with Gasteiger partial charge >= 0.3 is 5.97 Å². The molecule has 0 amide bonds. The SMILES string of the molecule is COC(=O)c1ccc(CSc2nc(SC)nc3c2sc2nc(N4CCOCC4)c4c(c23)CC(C)(C)OC4)o1. The van der Waals surface area contributed by atoms with E-state index < -0.39 is 5.97 Å². The molecule has 2 aliphatic rings. The summed E-state index contributed by atoms with van der Waals surface area (Å²) in [6.45, 7) is 7.82. The highest BCUT2D eigenvalue weighted by Crippen LogP contribution is 2.45. The standard InChI is InChI=1S/C26H28N4O5S3/c1-26(2)11-15-16(12-34-26)21(30-7-9-33-10-8-30)28-22-18(15)19-20(38-22)23(29-25(27-19)36-4)37-13-14-5-6-17(35-14)24(31)32-3/h5-6H,7-13H2,1-4H3. The van der Waals surface area contributed by atoms with Crippen molar-refractivity contribution in [1.29, 1.82) is 0 Å². The number of hydrogen-bond donors (Lipinski definition) is 0. The van der Waals surface area contributed by atoms with Crippen molar-refractivity contribution < 1.29 is 23.4 Å². The van der Waals surface area contributed by atoms with Gasteiger partial charge < -0.3 is 23.5 Å². The first-order valence-corrected chi connectivity index (χ1v) is 15.4. The fourth-order valence-electron chi connectivity index (χ4n) is 4.84. The lowest BCUT2D eigenvalue weighted by molar-refractivity contribution is -0.0396. The zero-order valence-electron chi connectivity index (χ0n) is 21.7. The van der Waals surface area contributed by atoms with Gasteiger partial charge in [-0.15, -0.1) is 11.3 Å². The number of ether oxygens (including phenoxy) is 3. The van der Waals surface area contributed by atoms with E-state index >= 15 is 0 Å². The number of carbonyl (C=O) groups is 1. The normalized spacial score (nSPS) is 17.2. The van der Waals surface area contributed by atoms with Crippen molar-refractivity contribution in [2.24, 2.45) is 0 Å².